The summed E-state index contributed by atoms with van der Waals surface area (Å²) in [6.45, 7) is 0. The molecule has 7 heteroatoms. The van der Waals surface area contributed by atoms with E-state index in [0.29, 0.717) is 6.42 Å². The fraction of sp³-hybridized carbons (Fsp3) is 0.333. The second-order valence-electron chi connectivity index (χ2n) is 3.37. The van der Waals surface area contributed by atoms with Gasteiger partial charge in [-0.3, -0.25) is 14.9 Å². The summed E-state index contributed by atoms with van der Waals surface area (Å²) in [7, 11) is 0. The minimum Gasteiger partial charge on any atom is -0.342 e. The standard InChI is InChI=1S/C9H9FN4O2/c10-5-3-11-9(12-4-5)13-6-1-2-7(15)14-8(6)16/h3-4,6H,1-2H2,(H,11,12,13)(H,14,15,16). The number of piperidine rings is 1. The summed E-state index contributed by atoms with van der Waals surface area (Å²) in [5.74, 6) is -1.09. The van der Waals surface area contributed by atoms with Gasteiger partial charge in [-0.1, -0.05) is 0 Å². The SMILES string of the molecule is O=C1CCC(Nc2ncc(F)cn2)C(=O)N1. The lowest BCUT2D eigenvalue weighted by Gasteiger charge is -2.21. The van der Waals surface area contributed by atoms with E-state index in [0.717, 1.165) is 12.4 Å². The quantitative estimate of drug-likeness (QED) is 0.681. The van der Waals surface area contributed by atoms with Gasteiger partial charge in [-0.25, -0.2) is 14.4 Å². The van der Waals surface area contributed by atoms with Crippen molar-refractivity contribution in [3.63, 3.8) is 0 Å². The minimum absolute atomic E-state index is 0.163. The molecule has 2 rings (SSSR count). The molecule has 1 aliphatic heterocycles. The van der Waals surface area contributed by atoms with Gasteiger partial charge in [0, 0.05) is 6.42 Å². The van der Waals surface area contributed by atoms with Crippen LogP contribution < -0.4 is 10.6 Å². The maximum atomic E-state index is 12.5. The Kier molecular flexibility index (Phi) is 2.76. The van der Waals surface area contributed by atoms with Gasteiger partial charge in [-0.2, -0.15) is 0 Å². The van der Waals surface area contributed by atoms with Crippen molar-refractivity contribution in [1.29, 1.82) is 0 Å². The molecule has 6 nitrogen and oxygen atoms in total. The molecule has 1 fully saturated rings. The number of hydrogen-bond donors (Lipinski definition) is 2. The van der Waals surface area contributed by atoms with Crippen molar-refractivity contribution in [1.82, 2.24) is 15.3 Å². The van der Waals surface area contributed by atoms with Crippen LogP contribution in [0.4, 0.5) is 10.3 Å². The maximum absolute atomic E-state index is 12.5. The molecule has 0 aromatic carbocycles. The largest absolute Gasteiger partial charge is 0.342 e. The van der Waals surface area contributed by atoms with Crippen molar-refractivity contribution in [2.45, 2.75) is 18.9 Å². The lowest BCUT2D eigenvalue weighted by molar-refractivity contribution is -0.133. The lowest BCUT2D eigenvalue weighted by atomic mass is 10.1. The van der Waals surface area contributed by atoms with Crippen LogP contribution in [0, 0.1) is 5.82 Å². The van der Waals surface area contributed by atoms with E-state index in [1.54, 1.807) is 0 Å². The summed E-state index contributed by atoms with van der Waals surface area (Å²) < 4.78 is 12.5. The summed E-state index contributed by atoms with van der Waals surface area (Å²) in [4.78, 5) is 29.6. The average Bonchev–Trinajstić information content (AvgIpc) is 2.25. The molecule has 0 spiro atoms. The van der Waals surface area contributed by atoms with E-state index in [4.69, 9.17) is 0 Å². The Morgan fingerprint density at radius 2 is 2.06 bits per heavy atom. The summed E-state index contributed by atoms with van der Waals surface area (Å²) in [6.07, 6.45) is 2.65. The van der Waals surface area contributed by atoms with Gasteiger partial charge in [0.25, 0.3) is 0 Å². The normalized spacial score (nSPS) is 20.4. The molecule has 16 heavy (non-hydrogen) atoms. The third-order valence-electron chi connectivity index (χ3n) is 2.16. The Morgan fingerprint density at radius 3 is 2.69 bits per heavy atom. The number of hydrogen-bond acceptors (Lipinski definition) is 5. The summed E-state index contributed by atoms with van der Waals surface area (Å²) in [5, 5.41) is 4.92. The number of nitrogens with zero attached hydrogens (tertiary/aromatic N) is 2. The Hall–Kier alpha value is -2.05. The zero-order chi connectivity index (χ0) is 11.5. The highest BCUT2D eigenvalue weighted by Gasteiger charge is 2.26. The first-order valence-corrected chi connectivity index (χ1v) is 4.73. The minimum atomic E-state index is -0.553. The molecule has 0 aliphatic carbocycles. The second kappa shape index (κ2) is 4.21. The third kappa shape index (κ3) is 2.30. The van der Waals surface area contributed by atoms with Crippen LogP contribution in [0.1, 0.15) is 12.8 Å². The fourth-order valence-corrected chi connectivity index (χ4v) is 1.37. The van der Waals surface area contributed by atoms with Crippen molar-refractivity contribution in [3.05, 3.63) is 18.2 Å². The molecule has 1 atom stereocenters. The number of carbonyl (C=O) groups excluding carboxylic acids is 2. The first-order valence-electron chi connectivity index (χ1n) is 4.73. The third-order valence-corrected chi connectivity index (χ3v) is 2.16. The van der Waals surface area contributed by atoms with Gasteiger partial charge in [-0.15, -0.1) is 0 Å². The van der Waals surface area contributed by atoms with Crippen molar-refractivity contribution in [3.8, 4) is 0 Å². The first kappa shape index (κ1) is 10.5. The topological polar surface area (TPSA) is 84.0 Å². The molecule has 1 saturated heterocycles. The molecule has 1 aromatic heterocycles. The molecule has 2 amide bonds. The van der Waals surface area contributed by atoms with Gasteiger partial charge in [0.1, 0.15) is 6.04 Å². The first-order chi connectivity index (χ1) is 7.65. The lowest BCUT2D eigenvalue weighted by Crippen LogP contribution is -2.47. The maximum Gasteiger partial charge on any atom is 0.249 e. The number of halogens is 1. The molecule has 0 saturated carbocycles. The van der Waals surface area contributed by atoms with Gasteiger partial charge in [-0.05, 0) is 6.42 Å². The highest BCUT2D eigenvalue weighted by molar-refractivity contribution is 6.01. The van der Waals surface area contributed by atoms with E-state index >= 15 is 0 Å². The zero-order valence-electron chi connectivity index (χ0n) is 8.24. The number of anilines is 1. The van der Waals surface area contributed by atoms with Crippen molar-refractivity contribution in [2.75, 3.05) is 5.32 Å². The van der Waals surface area contributed by atoms with Gasteiger partial charge in [0.15, 0.2) is 5.82 Å². The molecule has 0 bridgehead atoms. The monoisotopic (exact) mass is 224 g/mol. The summed E-state index contributed by atoms with van der Waals surface area (Å²) >= 11 is 0. The summed E-state index contributed by atoms with van der Waals surface area (Å²) in [6, 6.07) is -0.553. The smallest absolute Gasteiger partial charge is 0.249 e. The molecule has 84 valence electrons. The highest BCUT2D eigenvalue weighted by atomic mass is 19.1. The van der Waals surface area contributed by atoms with Crippen LogP contribution >= 0.6 is 0 Å². The van der Waals surface area contributed by atoms with Crippen LogP contribution in [0.2, 0.25) is 0 Å². The predicted molar refractivity (Wildman–Crippen MR) is 51.8 cm³/mol. The number of amides is 2. The van der Waals surface area contributed by atoms with E-state index in [1.165, 1.54) is 0 Å². The molecule has 1 aromatic rings. The predicted octanol–water partition coefficient (Wildman–Crippen LogP) is -0.167. The Labute approximate surface area is 90.3 Å². The Balaban J connectivity index is 2.02. The number of rotatable bonds is 2. The molecule has 0 radical (unpaired) electrons. The van der Waals surface area contributed by atoms with Crippen LogP contribution in [0.15, 0.2) is 12.4 Å². The molecule has 1 unspecified atom stereocenters. The van der Waals surface area contributed by atoms with Gasteiger partial charge in [0.2, 0.25) is 17.8 Å². The molecular formula is C9H9FN4O2. The van der Waals surface area contributed by atoms with E-state index in [9.17, 15) is 14.0 Å². The van der Waals surface area contributed by atoms with E-state index in [-0.39, 0.29) is 18.3 Å². The van der Waals surface area contributed by atoms with Crippen LogP contribution in [-0.2, 0) is 9.59 Å². The van der Waals surface area contributed by atoms with Gasteiger partial charge < -0.3 is 5.32 Å². The highest BCUT2D eigenvalue weighted by Crippen LogP contribution is 2.09. The van der Waals surface area contributed by atoms with Crippen LogP contribution in [-0.4, -0.2) is 27.8 Å². The number of aromatic nitrogens is 2. The molecular weight excluding hydrogens is 215 g/mol. The van der Waals surface area contributed by atoms with E-state index in [1.807, 2.05) is 0 Å². The van der Waals surface area contributed by atoms with Crippen LogP contribution in [0.25, 0.3) is 0 Å². The zero-order valence-corrected chi connectivity index (χ0v) is 8.24. The number of nitrogens with one attached hydrogen (secondary N) is 2. The van der Waals surface area contributed by atoms with Gasteiger partial charge >= 0.3 is 0 Å². The average molecular weight is 224 g/mol. The second-order valence-corrected chi connectivity index (χ2v) is 3.37. The van der Waals surface area contributed by atoms with Gasteiger partial charge in [0.05, 0.1) is 12.4 Å². The molecule has 2 N–H and O–H groups in total. The molecule has 1 aliphatic rings. The molecule has 2 heterocycles. The Morgan fingerprint density at radius 1 is 1.38 bits per heavy atom. The fourth-order valence-electron chi connectivity index (χ4n) is 1.37. The van der Waals surface area contributed by atoms with Crippen LogP contribution in [0.5, 0.6) is 0 Å². The van der Waals surface area contributed by atoms with E-state index < -0.39 is 17.8 Å². The van der Waals surface area contributed by atoms with Crippen LogP contribution in [0.3, 0.4) is 0 Å². The summed E-state index contributed by atoms with van der Waals surface area (Å²) in [5.41, 5.74) is 0. The Bertz CT molecular complexity index is 420. The number of carbonyl (C=O) groups is 2. The van der Waals surface area contributed by atoms with Crippen molar-refractivity contribution < 1.29 is 14.0 Å². The van der Waals surface area contributed by atoms with Crippen molar-refractivity contribution >= 4 is 17.8 Å². The van der Waals surface area contributed by atoms with E-state index in [2.05, 4.69) is 20.6 Å². The van der Waals surface area contributed by atoms with Crippen molar-refractivity contribution in [2.24, 2.45) is 0 Å². The number of imide groups is 1.